The summed E-state index contributed by atoms with van der Waals surface area (Å²) in [5.41, 5.74) is 2.31. The van der Waals surface area contributed by atoms with Crippen LogP contribution in [-0.2, 0) is 32.4 Å². The molecule has 2 amide bonds. The van der Waals surface area contributed by atoms with Crippen LogP contribution in [0, 0.1) is 5.82 Å². The van der Waals surface area contributed by atoms with E-state index in [2.05, 4.69) is 5.32 Å². The van der Waals surface area contributed by atoms with Crippen LogP contribution in [0.15, 0.2) is 47.4 Å². The molecule has 0 saturated carbocycles. The summed E-state index contributed by atoms with van der Waals surface area (Å²) in [6.07, 6.45) is 0.816. The highest BCUT2D eigenvalue weighted by Crippen LogP contribution is 2.34. The van der Waals surface area contributed by atoms with Crippen molar-refractivity contribution < 1.29 is 22.4 Å². The Morgan fingerprint density at radius 3 is 2.53 bits per heavy atom. The van der Waals surface area contributed by atoms with Crippen LogP contribution in [0.4, 0.5) is 10.1 Å². The van der Waals surface area contributed by atoms with Crippen LogP contribution in [0.25, 0.3) is 0 Å². The van der Waals surface area contributed by atoms with E-state index in [1.54, 1.807) is 36.1 Å². The van der Waals surface area contributed by atoms with E-state index in [9.17, 15) is 22.4 Å². The molecule has 8 heteroatoms. The molecule has 0 unspecified atom stereocenters. The van der Waals surface area contributed by atoms with E-state index in [1.807, 2.05) is 6.92 Å². The number of hydrogen-bond donors (Lipinski definition) is 1. The molecule has 0 bridgehead atoms. The van der Waals surface area contributed by atoms with Crippen LogP contribution in [0.3, 0.4) is 0 Å². The van der Waals surface area contributed by atoms with Crippen LogP contribution >= 0.6 is 0 Å². The normalized spacial score (nSPS) is 15.7. The Hall–Kier alpha value is -2.74. The number of nitrogens with zero attached hydrogens (tertiary/aromatic N) is 1. The summed E-state index contributed by atoms with van der Waals surface area (Å²) < 4.78 is 38.3. The highest BCUT2D eigenvalue weighted by Gasteiger charge is 2.31. The zero-order valence-corrected chi connectivity index (χ0v) is 17.8. The average molecular weight is 433 g/mol. The van der Waals surface area contributed by atoms with Crippen molar-refractivity contribution >= 4 is 27.3 Å². The Morgan fingerprint density at radius 2 is 1.87 bits per heavy atom. The molecule has 0 spiro atoms. The van der Waals surface area contributed by atoms with E-state index in [0.717, 1.165) is 16.8 Å². The summed E-state index contributed by atoms with van der Waals surface area (Å²) in [4.78, 5) is 26.1. The maximum atomic E-state index is 12.9. The molecule has 1 heterocycles. The number of carbonyl (C=O) groups is 2. The molecule has 6 nitrogen and oxygen atoms in total. The van der Waals surface area contributed by atoms with Crippen LogP contribution < -0.4 is 10.2 Å². The molecule has 1 N–H and O–H groups in total. The van der Waals surface area contributed by atoms with Gasteiger partial charge in [0.25, 0.3) is 0 Å². The fourth-order valence-electron chi connectivity index (χ4n) is 3.59. The van der Waals surface area contributed by atoms with Crippen LogP contribution in [0.2, 0.25) is 0 Å². The number of benzene rings is 2. The van der Waals surface area contributed by atoms with Crippen molar-refractivity contribution in [2.24, 2.45) is 0 Å². The lowest BCUT2D eigenvalue weighted by Crippen LogP contribution is -2.35. The topological polar surface area (TPSA) is 83.6 Å². The van der Waals surface area contributed by atoms with Crippen molar-refractivity contribution in [3.8, 4) is 0 Å². The number of rotatable bonds is 7. The van der Waals surface area contributed by atoms with Crippen LogP contribution in [0.1, 0.15) is 37.8 Å². The van der Waals surface area contributed by atoms with Gasteiger partial charge in [-0.1, -0.05) is 19.1 Å². The number of hydrogen-bond acceptors (Lipinski definition) is 4. The second-order valence-electron chi connectivity index (χ2n) is 7.43. The summed E-state index contributed by atoms with van der Waals surface area (Å²) in [6.45, 7) is 3.94. The lowest BCUT2D eigenvalue weighted by Gasteiger charge is -2.22. The zero-order valence-electron chi connectivity index (χ0n) is 17.0. The van der Waals surface area contributed by atoms with E-state index in [1.165, 1.54) is 18.2 Å². The van der Waals surface area contributed by atoms with Gasteiger partial charge in [-0.25, -0.2) is 12.8 Å². The SMILES string of the molecule is CCC(=O)N1c2ccc(S(=O)(=O)CCC(=O)NCc3ccc(F)cc3)cc2C[C@@H]1C. The highest BCUT2D eigenvalue weighted by atomic mass is 32.2. The molecule has 0 saturated heterocycles. The van der Waals surface area contributed by atoms with Crippen molar-refractivity contribution in [3.05, 3.63) is 59.4 Å². The van der Waals surface area contributed by atoms with Gasteiger partial charge in [0.15, 0.2) is 9.84 Å². The molecule has 0 fully saturated rings. The van der Waals surface area contributed by atoms with Gasteiger partial charge in [-0.2, -0.15) is 0 Å². The van der Waals surface area contributed by atoms with Gasteiger partial charge in [-0.15, -0.1) is 0 Å². The summed E-state index contributed by atoms with van der Waals surface area (Å²) in [6, 6.07) is 10.5. The number of halogens is 1. The minimum atomic E-state index is -3.64. The highest BCUT2D eigenvalue weighted by molar-refractivity contribution is 7.91. The summed E-state index contributed by atoms with van der Waals surface area (Å²) in [5, 5.41) is 2.64. The predicted molar refractivity (Wildman–Crippen MR) is 112 cm³/mol. The van der Waals surface area contributed by atoms with Gasteiger partial charge < -0.3 is 10.2 Å². The van der Waals surface area contributed by atoms with E-state index in [-0.39, 0.29) is 41.4 Å². The second kappa shape index (κ2) is 8.95. The number of nitrogens with one attached hydrogen (secondary N) is 1. The second-order valence-corrected chi connectivity index (χ2v) is 9.54. The van der Waals surface area contributed by atoms with E-state index in [4.69, 9.17) is 0 Å². The molecule has 30 heavy (non-hydrogen) atoms. The quantitative estimate of drug-likeness (QED) is 0.729. The monoisotopic (exact) mass is 432 g/mol. The van der Waals surface area contributed by atoms with E-state index < -0.39 is 15.7 Å². The van der Waals surface area contributed by atoms with Crippen molar-refractivity contribution in [1.29, 1.82) is 0 Å². The molecule has 1 aliphatic rings. The van der Waals surface area contributed by atoms with Crippen molar-refractivity contribution in [3.63, 3.8) is 0 Å². The van der Waals surface area contributed by atoms with Crippen molar-refractivity contribution in [2.45, 2.75) is 50.6 Å². The Kier molecular flexibility index (Phi) is 6.55. The third-order valence-corrected chi connectivity index (χ3v) is 6.91. The van der Waals surface area contributed by atoms with Gasteiger partial charge in [0, 0.05) is 31.1 Å². The molecule has 160 valence electrons. The summed E-state index contributed by atoms with van der Waals surface area (Å²) >= 11 is 0. The lowest BCUT2D eigenvalue weighted by molar-refractivity contribution is -0.121. The van der Waals surface area contributed by atoms with Gasteiger partial charge >= 0.3 is 0 Å². The van der Waals surface area contributed by atoms with E-state index >= 15 is 0 Å². The third kappa shape index (κ3) is 4.87. The maximum absolute atomic E-state index is 12.9. The smallest absolute Gasteiger partial charge is 0.226 e. The third-order valence-electron chi connectivity index (χ3n) is 5.20. The Bertz CT molecular complexity index is 1050. The van der Waals surface area contributed by atoms with Gasteiger partial charge in [-0.3, -0.25) is 9.59 Å². The largest absolute Gasteiger partial charge is 0.352 e. The molecule has 1 atom stereocenters. The standard InChI is InChI=1S/C22H25FN2O4S/c1-3-22(27)25-15(2)12-17-13-19(8-9-20(17)25)30(28,29)11-10-21(26)24-14-16-4-6-18(23)7-5-16/h4-9,13,15H,3,10-12,14H2,1-2H3,(H,24,26)/t15-/m0/s1. The minimum Gasteiger partial charge on any atom is -0.352 e. The number of carbonyl (C=O) groups excluding carboxylic acids is 2. The Balaban J connectivity index is 1.62. The molecule has 0 aromatic heterocycles. The molecule has 2 aromatic rings. The molecule has 2 aromatic carbocycles. The first-order valence-electron chi connectivity index (χ1n) is 9.90. The van der Waals surface area contributed by atoms with Crippen molar-refractivity contribution in [1.82, 2.24) is 5.32 Å². The number of fused-ring (bicyclic) bond motifs is 1. The van der Waals surface area contributed by atoms with E-state index in [0.29, 0.717) is 12.8 Å². The molecule has 3 rings (SSSR count). The average Bonchev–Trinajstić information content (AvgIpc) is 3.06. The number of amides is 2. The van der Waals surface area contributed by atoms with Gasteiger partial charge in [0.1, 0.15) is 5.82 Å². The van der Waals surface area contributed by atoms with Crippen LogP contribution in [0.5, 0.6) is 0 Å². The van der Waals surface area contributed by atoms with Gasteiger partial charge in [0.2, 0.25) is 11.8 Å². The number of anilines is 1. The fourth-order valence-corrected chi connectivity index (χ4v) is 4.87. The first-order valence-corrected chi connectivity index (χ1v) is 11.6. The molecule has 1 aliphatic heterocycles. The summed E-state index contributed by atoms with van der Waals surface area (Å²) in [5.74, 6) is -1.05. The zero-order chi connectivity index (χ0) is 21.9. The molecule has 0 aliphatic carbocycles. The maximum Gasteiger partial charge on any atom is 0.226 e. The Morgan fingerprint density at radius 1 is 1.17 bits per heavy atom. The first kappa shape index (κ1) is 22.0. The predicted octanol–water partition coefficient (Wildman–Crippen LogP) is 2.99. The first-order chi connectivity index (χ1) is 14.2. The lowest BCUT2D eigenvalue weighted by atomic mass is 10.1. The van der Waals surface area contributed by atoms with Gasteiger partial charge in [-0.05, 0) is 54.8 Å². The molecular weight excluding hydrogens is 407 g/mol. The van der Waals surface area contributed by atoms with Gasteiger partial charge in [0.05, 0.1) is 10.6 Å². The number of sulfone groups is 1. The van der Waals surface area contributed by atoms with Crippen molar-refractivity contribution in [2.75, 3.05) is 10.7 Å². The summed E-state index contributed by atoms with van der Waals surface area (Å²) in [7, 11) is -3.64. The minimum absolute atomic E-state index is 0.00897. The van der Waals surface area contributed by atoms with Crippen LogP contribution in [-0.4, -0.2) is 32.0 Å². The molecule has 0 radical (unpaired) electrons. The fraction of sp³-hybridized carbons (Fsp3) is 0.364. The molecular formula is C22H25FN2O4S. The Labute approximate surface area is 176 Å².